The average molecular weight is 493 g/mol. The molecule has 2 atom stereocenters. The van der Waals surface area contributed by atoms with E-state index in [0.717, 1.165) is 49.0 Å². The molecular weight excluding hydrogens is 448 g/mol. The number of ether oxygens (including phenoxy) is 1. The van der Waals surface area contributed by atoms with Crippen LogP contribution in [-0.4, -0.2) is 41.3 Å². The highest BCUT2D eigenvalue weighted by Gasteiger charge is 2.23. The van der Waals surface area contributed by atoms with Gasteiger partial charge < -0.3 is 14.9 Å². The van der Waals surface area contributed by atoms with E-state index in [-0.39, 0.29) is 23.6 Å². The lowest BCUT2D eigenvalue weighted by Crippen LogP contribution is -2.27. The van der Waals surface area contributed by atoms with Crippen LogP contribution in [0.2, 0.25) is 0 Å². The van der Waals surface area contributed by atoms with Crippen LogP contribution in [0, 0.1) is 6.92 Å². The lowest BCUT2D eigenvalue weighted by atomic mass is 9.91. The monoisotopic (exact) mass is 492 g/mol. The van der Waals surface area contributed by atoms with Gasteiger partial charge >= 0.3 is 0 Å². The van der Waals surface area contributed by atoms with Gasteiger partial charge in [-0.15, -0.1) is 0 Å². The Bertz CT molecular complexity index is 986. The zero-order valence-electron chi connectivity index (χ0n) is 22.2. The summed E-state index contributed by atoms with van der Waals surface area (Å²) >= 11 is 0. The summed E-state index contributed by atoms with van der Waals surface area (Å²) in [6.07, 6.45) is 17.9. The van der Waals surface area contributed by atoms with Gasteiger partial charge in [-0.25, -0.2) is 0 Å². The highest BCUT2D eigenvalue weighted by atomic mass is 16.5. The maximum absolute atomic E-state index is 10.4. The second-order valence-corrected chi connectivity index (χ2v) is 10.1. The van der Waals surface area contributed by atoms with Gasteiger partial charge in [-0.2, -0.15) is 0 Å². The number of phenols is 2. The molecule has 0 aliphatic heterocycles. The van der Waals surface area contributed by atoms with Gasteiger partial charge in [0.1, 0.15) is 17.2 Å². The summed E-state index contributed by atoms with van der Waals surface area (Å²) in [7, 11) is 0. The second-order valence-electron chi connectivity index (χ2n) is 10.1. The number of nitrogens with zero attached hydrogens (tertiary/aromatic N) is 2. The van der Waals surface area contributed by atoms with Crippen molar-refractivity contribution in [3.05, 3.63) is 53.1 Å². The van der Waals surface area contributed by atoms with E-state index in [0.29, 0.717) is 12.2 Å². The van der Waals surface area contributed by atoms with Crippen molar-refractivity contribution in [1.82, 2.24) is 0 Å². The SMILES string of the molecule is CCCCCCCCCCOc1ccc(O)c(C=N[C@H]2CCCC[C@@H]2N=Cc2cc(C)ccc2O)c1. The number of hydrogen-bond acceptors (Lipinski definition) is 5. The fraction of sp³-hybridized carbons (Fsp3) is 0.548. The van der Waals surface area contributed by atoms with Crippen molar-refractivity contribution in [2.24, 2.45) is 9.98 Å². The zero-order valence-corrected chi connectivity index (χ0v) is 22.2. The Balaban J connectivity index is 1.52. The molecule has 2 N–H and O–H groups in total. The normalized spacial score (nSPS) is 18.3. The molecule has 1 fully saturated rings. The van der Waals surface area contributed by atoms with Crippen molar-refractivity contribution in [2.45, 2.75) is 103 Å². The van der Waals surface area contributed by atoms with E-state index in [1.807, 2.05) is 31.2 Å². The predicted octanol–water partition coefficient (Wildman–Crippen LogP) is 7.77. The highest BCUT2D eigenvalue weighted by molar-refractivity contribution is 5.85. The molecule has 0 aromatic heterocycles. The smallest absolute Gasteiger partial charge is 0.124 e. The summed E-state index contributed by atoms with van der Waals surface area (Å²) in [5.41, 5.74) is 2.50. The van der Waals surface area contributed by atoms with Crippen LogP contribution in [0.15, 0.2) is 46.4 Å². The van der Waals surface area contributed by atoms with Gasteiger partial charge in [-0.05, 0) is 56.5 Å². The molecule has 0 heterocycles. The fourth-order valence-electron chi connectivity index (χ4n) is 4.72. The molecule has 3 rings (SSSR count). The van der Waals surface area contributed by atoms with Crippen LogP contribution in [0.1, 0.15) is 101 Å². The molecule has 36 heavy (non-hydrogen) atoms. The molecule has 0 spiro atoms. The first kappa shape index (κ1) is 27.8. The van der Waals surface area contributed by atoms with Gasteiger partial charge in [-0.1, -0.05) is 76.3 Å². The Kier molecular flexibility index (Phi) is 11.8. The van der Waals surface area contributed by atoms with Crippen LogP contribution < -0.4 is 4.74 Å². The third kappa shape index (κ3) is 9.33. The molecule has 5 heteroatoms. The lowest BCUT2D eigenvalue weighted by Gasteiger charge is -2.25. The molecule has 0 amide bonds. The summed E-state index contributed by atoms with van der Waals surface area (Å²) in [4.78, 5) is 9.61. The predicted molar refractivity (Wildman–Crippen MR) is 150 cm³/mol. The third-order valence-corrected chi connectivity index (χ3v) is 6.95. The molecular formula is C31H44N2O3. The van der Waals surface area contributed by atoms with E-state index in [2.05, 4.69) is 6.92 Å². The van der Waals surface area contributed by atoms with E-state index in [1.165, 1.54) is 44.9 Å². The molecule has 2 aromatic carbocycles. The largest absolute Gasteiger partial charge is 0.507 e. The Labute approximate surface area is 217 Å². The summed E-state index contributed by atoms with van der Waals surface area (Å²) < 4.78 is 5.95. The minimum atomic E-state index is 0.0586. The number of aromatic hydroxyl groups is 2. The van der Waals surface area contributed by atoms with Crippen molar-refractivity contribution >= 4 is 12.4 Å². The van der Waals surface area contributed by atoms with Crippen molar-refractivity contribution in [3.8, 4) is 17.2 Å². The van der Waals surface area contributed by atoms with Crippen molar-refractivity contribution in [3.63, 3.8) is 0 Å². The number of hydrogen-bond donors (Lipinski definition) is 2. The Hall–Kier alpha value is -2.82. The van der Waals surface area contributed by atoms with E-state index >= 15 is 0 Å². The number of benzene rings is 2. The number of aliphatic imine (C=N–C) groups is 2. The summed E-state index contributed by atoms with van der Waals surface area (Å²) in [5.74, 6) is 1.22. The van der Waals surface area contributed by atoms with E-state index in [9.17, 15) is 10.2 Å². The molecule has 0 saturated heterocycles. The first-order valence-electron chi connectivity index (χ1n) is 13.9. The van der Waals surface area contributed by atoms with Crippen LogP contribution in [-0.2, 0) is 0 Å². The van der Waals surface area contributed by atoms with Gasteiger partial charge in [-0.3, -0.25) is 9.98 Å². The van der Waals surface area contributed by atoms with Gasteiger partial charge in [0.25, 0.3) is 0 Å². The van der Waals surface area contributed by atoms with Crippen molar-refractivity contribution in [2.75, 3.05) is 6.61 Å². The zero-order chi connectivity index (χ0) is 25.6. The topological polar surface area (TPSA) is 74.4 Å². The number of phenolic OH excluding ortho intramolecular Hbond substituents is 2. The van der Waals surface area contributed by atoms with Crippen LogP contribution in [0.5, 0.6) is 17.2 Å². The number of aryl methyl sites for hydroxylation is 1. The molecule has 0 unspecified atom stereocenters. The molecule has 1 aliphatic rings. The molecule has 196 valence electrons. The Morgan fingerprint density at radius 1 is 0.778 bits per heavy atom. The molecule has 2 aromatic rings. The number of unbranched alkanes of at least 4 members (excludes halogenated alkanes) is 7. The standard InChI is InChI=1S/C31H44N2O3/c1-3-4-5-6-7-8-9-12-19-36-27-16-18-31(35)26(21-27)23-33-29-14-11-10-13-28(29)32-22-25-20-24(2)15-17-30(25)34/h15-18,20-23,28-29,34-35H,3-14,19H2,1-2H3/t28-,29-/m0/s1. The highest BCUT2D eigenvalue weighted by Crippen LogP contribution is 2.27. The second kappa shape index (κ2) is 15.3. The van der Waals surface area contributed by atoms with Gasteiger partial charge in [0.2, 0.25) is 0 Å². The van der Waals surface area contributed by atoms with Crippen LogP contribution in [0.4, 0.5) is 0 Å². The first-order valence-corrected chi connectivity index (χ1v) is 13.9. The minimum Gasteiger partial charge on any atom is -0.507 e. The quantitative estimate of drug-likeness (QED) is 0.209. The molecule has 1 aliphatic carbocycles. The maximum atomic E-state index is 10.4. The van der Waals surface area contributed by atoms with E-state index in [1.54, 1.807) is 24.6 Å². The van der Waals surface area contributed by atoms with Crippen molar-refractivity contribution < 1.29 is 14.9 Å². The van der Waals surface area contributed by atoms with Crippen LogP contribution in [0.25, 0.3) is 0 Å². The maximum Gasteiger partial charge on any atom is 0.124 e. The Morgan fingerprint density at radius 2 is 1.33 bits per heavy atom. The summed E-state index contributed by atoms with van der Waals surface area (Å²) in [5, 5.41) is 20.5. The first-order chi connectivity index (χ1) is 17.6. The minimum absolute atomic E-state index is 0.0586. The van der Waals surface area contributed by atoms with Gasteiger partial charge in [0, 0.05) is 23.6 Å². The lowest BCUT2D eigenvalue weighted by molar-refractivity contribution is 0.303. The third-order valence-electron chi connectivity index (χ3n) is 6.95. The van der Waals surface area contributed by atoms with Crippen LogP contribution in [0.3, 0.4) is 0 Å². The Morgan fingerprint density at radius 3 is 1.97 bits per heavy atom. The molecule has 0 bridgehead atoms. The van der Waals surface area contributed by atoms with Gasteiger partial charge in [0.15, 0.2) is 0 Å². The van der Waals surface area contributed by atoms with Crippen molar-refractivity contribution in [1.29, 1.82) is 0 Å². The molecule has 0 radical (unpaired) electrons. The van der Waals surface area contributed by atoms with E-state index < -0.39 is 0 Å². The molecule has 1 saturated carbocycles. The summed E-state index contributed by atoms with van der Waals surface area (Å²) in [6, 6.07) is 11.0. The van der Waals surface area contributed by atoms with Gasteiger partial charge in [0.05, 0.1) is 18.7 Å². The fourth-order valence-corrected chi connectivity index (χ4v) is 4.72. The average Bonchev–Trinajstić information content (AvgIpc) is 2.89. The summed E-state index contributed by atoms with van der Waals surface area (Å²) in [6.45, 7) is 4.95. The van der Waals surface area contributed by atoms with E-state index in [4.69, 9.17) is 14.7 Å². The molecule has 5 nitrogen and oxygen atoms in total. The van der Waals surface area contributed by atoms with Crippen LogP contribution >= 0.6 is 0 Å². The number of rotatable bonds is 14.